The highest BCUT2D eigenvalue weighted by atomic mass is 16.5. The van der Waals surface area contributed by atoms with Gasteiger partial charge >= 0.3 is 0 Å². The number of anilines is 1. The highest BCUT2D eigenvalue weighted by molar-refractivity contribution is 6.11. The molecule has 4 aromatic rings. The lowest BCUT2D eigenvalue weighted by Crippen LogP contribution is -2.26. The Morgan fingerprint density at radius 1 is 0.941 bits per heavy atom. The van der Waals surface area contributed by atoms with Crippen LogP contribution < -0.4 is 15.5 Å². The van der Waals surface area contributed by atoms with E-state index in [1.54, 1.807) is 13.0 Å². The van der Waals surface area contributed by atoms with Crippen LogP contribution in [0.1, 0.15) is 25.8 Å². The first kappa shape index (κ1) is 23.0. The molecule has 1 heterocycles. The monoisotopic (exact) mass is 456 g/mol. The largest absolute Gasteiger partial charge is 0.483 e. The van der Waals surface area contributed by atoms with Crippen LogP contribution in [0.2, 0.25) is 0 Å². The molecule has 4 rings (SSSR count). The van der Waals surface area contributed by atoms with Gasteiger partial charge in [-0.25, -0.2) is 5.43 Å². The van der Waals surface area contributed by atoms with E-state index in [-0.39, 0.29) is 24.8 Å². The smallest absolute Gasteiger partial charge is 0.277 e. The van der Waals surface area contributed by atoms with E-state index < -0.39 is 0 Å². The van der Waals surface area contributed by atoms with E-state index in [2.05, 4.69) is 39.5 Å². The Morgan fingerprint density at radius 2 is 1.68 bits per heavy atom. The summed E-state index contributed by atoms with van der Waals surface area (Å²) in [6.45, 7) is 6.44. The summed E-state index contributed by atoms with van der Waals surface area (Å²) in [7, 11) is 0. The van der Waals surface area contributed by atoms with Crippen LogP contribution in [0.5, 0.6) is 5.75 Å². The summed E-state index contributed by atoms with van der Waals surface area (Å²) in [6, 6.07) is 21.7. The lowest BCUT2D eigenvalue weighted by Gasteiger charge is -2.08. The molecule has 0 saturated heterocycles. The number of para-hydroxylation sites is 2. The van der Waals surface area contributed by atoms with Crippen molar-refractivity contribution in [3.63, 3.8) is 0 Å². The number of carbonyl (C=O) groups is 2. The Morgan fingerprint density at radius 3 is 2.47 bits per heavy atom. The zero-order valence-electron chi connectivity index (χ0n) is 19.6. The third-order valence-corrected chi connectivity index (χ3v) is 5.61. The van der Waals surface area contributed by atoms with Gasteiger partial charge in [0.05, 0.1) is 6.42 Å². The standard InChI is InChI=1S/C27H28N4O3/c1-4-31-23-11-7-6-10-21(23)22-16-20(13-14-24(22)31)28-26(32)15-19(3)29-30-27(33)17-34-25-12-8-5-9-18(25)2/h5-14,16H,4,15,17H2,1-3H3,(H,28,32)(H,30,33)/b29-19+. The lowest BCUT2D eigenvalue weighted by atomic mass is 10.1. The number of amides is 2. The Hall–Kier alpha value is -4.13. The van der Waals surface area contributed by atoms with E-state index in [4.69, 9.17) is 4.74 Å². The van der Waals surface area contributed by atoms with E-state index in [0.29, 0.717) is 11.5 Å². The number of hydrogen-bond donors (Lipinski definition) is 2. The van der Waals surface area contributed by atoms with Gasteiger partial charge in [0.25, 0.3) is 5.91 Å². The maximum absolute atomic E-state index is 12.5. The number of hydrogen-bond acceptors (Lipinski definition) is 4. The molecule has 3 aromatic carbocycles. The lowest BCUT2D eigenvalue weighted by molar-refractivity contribution is -0.123. The molecule has 0 aliphatic heterocycles. The van der Waals surface area contributed by atoms with Crippen LogP contribution in [0.25, 0.3) is 21.8 Å². The fourth-order valence-corrected chi connectivity index (χ4v) is 4.00. The predicted octanol–water partition coefficient (Wildman–Crippen LogP) is 5.02. The van der Waals surface area contributed by atoms with Crippen LogP contribution >= 0.6 is 0 Å². The Labute approximate surface area is 198 Å². The van der Waals surface area contributed by atoms with Gasteiger partial charge in [0.15, 0.2) is 6.61 Å². The van der Waals surface area contributed by atoms with Crippen LogP contribution in [-0.2, 0) is 16.1 Å². The van der Waals surface area contributed by atoms with Gasteiger partial charge in [-0.1, -0.05) is 36.4 Å². The van der Waals surface area contributed by atoms with Crippen molar-refractivity contribution in [2.24, 2.45) is 5.10 Å². The first-order valence-electron chi connectivity index (χ1n) is 11.3. The Balaban J connectivity index is 1.35. The summed E-state index contributed by atoms with van der Waals surface area (Å²) < 4.78 is 7.77. The molecular formula is C27H28N4O3. The summed E-state index contributed by atoms with van der Waals surface area (Å²) in [4.78, 5) is 24.6. The fraction of sp³-hybridized carbons (Fsp3) is 0.222. The van der Waals surface area contributed by atoms with Gasteiger partial charge in [-0.2, -0.15) is 5.10 Å². The molecule has 1 aromatic heterocycles. The molecule has 7 heteroatoms. The quantitative estimate of drug-likeness (QED) is 0.288. The number of ether oxygens (including phenoxy) is 1. The average Bonchev–Trinajstić information content (AvgIpc) is 3.15. The Bertz CT molecular complexity index is 1390. The molecule has 0 bridgehead atoms. The van der Waals surface area contributed by atoms with Crippen molar-refractivity contribution in [2.75, 3.05) is 11.9 Å². The molecule has 2 amide bonds. The number of aromatic nitrogens is 1. The SMILES string of the molecule is CCn1c2ccccc2c2cc(NC(=O)C/C(C)=N/NC(=O)COc3ccccc3C)ccc21. The normalized spacial score (nSPS) is 11.6. The fourth-order valence-electron chi connectivity index (χ4n) is 4.00. The van der Waals surface area contributed by atoms with Crippen molar-refractivity contribution in [1.82, 2.24) is 9.99 Å². The first-order chi connectivity index (χ1) is 16.5. The molecule has 7 nitrogen and oxygen atoms in total. The van der Waals surface area contributed by atoms with E-state index in [9.17, 15) is 9.59 Å². The van der Waals surface area contributed by atoms with Crippen LogP contribution in [0, 0.1) is 6.92 Å². The van der Waals surface area contributed by atoms with Gasteiger partial charge in [0.1, 0.15) is 5.75 Å². The molecule has 0 spiro atoms. The van der Waals surface area contributed by atoms with Crippen molar-refractivity contribution in [2.45, 2.75) is 33.7 Å². The first-order valence-corrected chi connectivity index (χ1v) is 11.3. The average molecular weight is 457 g/mol. The maximum Gasteiger partial charge on any atom is 0.277 e. The van der Waals surface area contributed by atoms with Crippen molar-refractivity contribution in [1.29, 1.82) is 0 Å². The number of nitrogens with one attached hydrogen (secondary N) is 2. The zero-order chi connectivity index (χ0) is 24.1. The minimum atomic E-state index is -0.388. The minimum Gasteiger partial charge on any atom is -0.483 e. The maximum atomic E-state index is 12.5. The number of aryl methyl sites for hydroxylation is 2. The molecule has 2 N–H and O–H groups in total. The zero-order valence-corrected chi connectivity index (χ0v) is 19.6. The summed E-state index contributed by atoms with van der Waals surface area (Å²) in [5.41, 5.74) is 6.91. The third kappa shape index (κ3) is 5.09. The van der Waals surface area contributed by atoms with Crippen LogP contribution in [-0.4, -0.2) is 28.7 Å². The van der Waals surface area contributed by atoms with Crippen LogP contribution in [0.4, 0.5) is 5.69 Å². The van der Waals surface area contributed by atoms with E-state index in [0.717, 1.165) is 34.1 Å². The third-order valence-electron chi connectivity index (χ3n) is 5.61. The number of nitrogens with zero attached hydrogens (tertiary/aromatic N) is 2. The van der Waals surface area contributed by atoms with Crippen LogP contribution in [0.15, 0.2) is 71.8 Å². The second-order valence-electron chi connectivity index (χ2n) is 8.15. The van der Waals surface area contributed by atoms with Gasteiger partial charge in [0, 0.05) is 39.7 Å². The molecule has 0 saturated carbocycles. The molecule has 0 radical (unpaired) electrons. The van der Waals surface area contributed by atoms with Gasteiger partial charge < -0.3 is 14.6 Å². The molecule has 0 aliphatic carbocycles. The molecular weight excluding hydrogens is 428 g/mol. The van der Waals surface area contributed by atoms with Crippen molar-refractivity contribution in [3.05, 3.63) is 72.3 Å². The molecule has 0 unspecified atom stereocenters. The number of rotatable bonds is 8. The van der Waals surface area contributed by atoms with E-state index >= 15 is 0 Å². The highest BCUT2D eigenvalue weighted by Gasteiger charge is 2.11. The van der Waals surface area contributed by atoms with Gasteiger partial charge in [-0.3, -0.25) is 9.59 Å². The topological polar surface area (TPSA) is 84.7 Å². The van der Waals surface area contributed by atoms with Crippen LogP contribution in [0.3, 0.4) is 0 Å². The highest BCUT2D eigenvalue weighted by Crippen LogP contribution is 2.31. The Kier molecular flexibility index (Phi) is 6.92. The van der Waals surface area contributed by atoms with Crippen molar-refractivity contribution in [3.8, 4) is 5.75 Å². The van der Waals surface area contributed by atoms with Gasteiger partial charge in [0.2, 0.25) is 5.91 Å². The number of hydrazone groups is 1. The number of carbonyl (C=O) groups excluding carboxylic acids is 2. The molecule has 174 valence electrons. The van der Waals surface area contributed by atoms with Crippen molar-refractivity contribution < 1.29 is 14.3 Å². The molecule has 0 aliphatic rings. The van der Waals surface area contributed by atoms with E-state index in [1.165, 1.54) is 5.52 Å². The summed E-state index contributed by atoms with van der Waals surface area (Å²) >= 11 is 0. The number of fused-ring (bicyclic) bond motifs is 3. The second-order valence-corrected chi connectivity index (χ2v) is 8.15. The predicted molar refractivity (Wildman–Crippen MR) is 136 cm³/mol. The summed E-state index contributed by atoms with van der Waals surface area (Å²) in [6.07, 6.45) is 0.0632. The van der Waals surface area contributed by atoms with Gasteiger partial charge in [-0.05, 0) is 56.7 Å². The molecule has 0 fully saturated rings. The van der Waals surface area contributed by atoms with Crippen molar-refractivity contribution >= 4 is 45.0 Å². The number of benzene rings is 3. The summed E-state index contributed by atoms with van der Waals surface area (Å²) in [5.74, 6) is 0.0581. The second kappa shape index (κ2) is 10.2. The van der Waals surface area contributed by atoms with Gasteiger partial charge in [-0.15, -0.1) is 0 Å². The molecule has 0 atom stereocenters. The van der Waals surface area contributed by atoms with E-state index in [1.807, 2.05) is 55.5 Å². The minimum absolute atomic E-state index is 0.0632. The summed E-state index contributed by atoms with van der Waals surface area (Å²) in [5, 5.41) is 9.20. The molecule has 34 heavy (non-hydrogen) atoms.